The summed E-state index contributed by atoms with van der Waals surface area (Å²) in [5.41, 5.74) is 1.63. The molecule has 0 bridgehead atoms. The smallest absolute Gasteiger partial charge is 0.335 e. The fourth-order valence-electron chi connectivity index (χ4n) is 1.69. The molecule has 0 unspecified atom stereocenters. The number of fused-ring (bicyclic) bond motifs is 1. The molecule has 5 heteroatoms. The fourth-order valence-corrected chi connectivity index (χ4v) is 1.69. The predicted octanol–water partition coefficient (Wildman–Crippen LogP) is 1.16. The molecule has 1 heterocycles. The topological polar surface area (TPSA) is 69.6 Å². The third-order valence-corrected chi connectivity index (χ3v) is 2.60. The molecule has 0 aliphatic carbocycles. The number of carboxylic acid groups (broad SMARTS) is 1. The van der Waals surface area contributed by atoms with Crippen molar-refractivity contribution in [3.63, 3.8) is 0 Å². The Morgan fingerprint density at radius 2 is 2.25 bits per heavy atom. The van der Waals surface area contributed by atoms with E-state index in [2.05, 4.69) is 5.32 Å². The van der Waals surface area contributed by atoms with Gasteiger partial charge in [0.15, 0.2) is 0 Å². The van der Waals surface area contributed by atoms with Gasteiger partial charge in [0.2, 0.25) is 5.91 Å². The number of nitrogens with one attached hydrogen (secondary N) is 1. The molecule has 5 nitrogen and oxygen atoms in total. The first kappa shape index (κ1) is 10.5. The highest BCUT2D eigenvalue weighted by molar-refractivity contribution is 5.98. The highest BCUT2D eigenvalue weighted by atomic mass is 16.4. The second kappa shape index (κ2) is 3.84. The molecule has 1 aliphatic heterocycles. The van der Waals surface area contributed by atoms with Gasteiger partial charge in [-0.25, -0.2) is 4.79 Å². The third-order valence-electron chi connectivity index (χ3n) is 2.60. The molecule has 0 radical (unpaired) electrons. The number of rotatable bonds is 1. The van der Waals surface area contributed by atoms with Gasteiger partial charge in [-0.1, -0.05) is 0 Å². The molecule has 1 aromatic carbocycles. The number of nitrogens with zero attached hydrogens (tertiary/aromatic N) is 1. The van der Waals surface area contributed by atoms with Crippen molar-refractivity contribution in [2.45, 2.75) is 6.42 Å². The van der Waals surface area contributed by atoms with Crippen LogP contribution in [0.15, 0.2) is 18.2 Å². The van der Waals surface area contributed by atoms with Crippen molar-refractivity contribution in [3.05, 3.63) is 23.8 Å². The van der Waals surface area contributed by atoms with E-state index in [0.29, 0.717) is 18.7 Å². The van der Waals surface area contributed by atoms with Crippen LogP contribution in [-0.4, -0.2) is 30.6 Å². The van der Waals surface area contributed by atoms with Gasteiger partial charge in [-0.2, -0.15) is 0 Å². The van der Waals surface area contributed by atoms with Gasteiger partial charge in [0.25, 0.3) is 0 Å². The monoisotopic (exact) mass is 220 g/mol. The van der Waals surface area contributed by atoms with Crippen molar-refractivity contribution in [3.8, 4) is 0 Å². The Morgan fingerprint density at radius 1 is 1.50 bits per heavy atom. The zero-order valence-corrected chi connectivity index (χ0v) is 8.86. The van der Waals surface area contributed by atoms with Crippen LogP contribution in [0.3, 0.4) is 0 Å². The third kappa shape index (κ3) is 1.84. The lowest BCUT2D eigenvalue weighted by Crippen LogP contribution is -2.19. The first-order valence-electron chi connectivity index (χ1n) is 4.96. The Hall–Kier alpha value is -2.04. The second-order valence-corrected chi connectivity index (χ2v) is 3.76. The summed E-state index contributed by atoms with van der Waals surface area (Å²) in [7, 11) is 1.84. The minimum Gasteiger partial charge on any atom is -0.478 e. The van der Waals surface area contributed by atoms with Crippen LogP contribution in [-0.2, 0) is 4.79 Å². The molecule has 2 rings (SSSR count). The van der Waals surface area contributed by atoms with Crippen molar-refractivity contribution in [2.75, 3.05) is 23.8 Å². The number of hydrogen-bond acceptors (Lipinski definition) is 3. The van der Waals surface area contributed by atoms with Gasteiger partial charge in [-0.05, 0) is 18.2 Å². The lowest BCUT2D eigenvalue weighted by molar-refractivity contribution is -0.115. The van der Waals surface area contributed by atoms with Gasteiger partial charge in [0.1, 0.15) is 0 Å². The number of carbonyl (C=O) groups is 2. The molecule has 1 aromatic rings. The predicted molar refractivity (Wildman–Crippen MR) is 59.9 cm³/mol. The zero-order chi connectivity index (χ0) is 11.7. The number of hydrogen-bond donors (Lipinski definition) is 2. The Morgan fingerprint density at radius 3 is 2.94 bits per heavy atom. The van der Waals surface area contributed by atoms with Crippen LogP contribution in [0.25, 0.3) is 0 Å². The molecular weight excluding hydrogens is 208 g/mol. The molecule has 0 saturated carbocycles. The van der Waals surface area contributed by atoms with E-state index in [1.165, 1.54) is 6.07 Å². The Balaban J connectivity index is 2.47. The highest BCUT2D eigenvalue weighted by Crippen LogP contribution is 2.28. The standard InChI is InChI=1S/C11H12N2O3/c1-13-5-4-10(14)12-8-3-2-7(11(15)16)6-9(8)13/h2-3,6H,4-5H2,1H3,(H,12,14)(H,15,16). The molecule has 0 aromatic heterocycles. The van der Waals surface area contributed by atoms with E-state index >= 15 is 0 Å². The maximum Gasteiger partial charge on any atom is 0.335 e. The summed E-state index contributed by atoms with van der Waals surface area (Å²) < 4.78 is 0. The number of amides is 1. The van der Waals surface area contributed by atoms with E-state index in [1.807, 2.05) is 11.9 Å². The molecule has 0 spiro atoms. The lowest BCUT2D eigenvalue weighted by atomic mass is 10.1. The van der Waals surface area contributed by atoms with E-state index in [4.69, 9.17) is 5.11 Å². The van der Waals surface area contributed by atoms with Gasteiger partial charge >= 0.3 is 5.97 Å². The molecule has 0 saturated heterocycles. The van der Waals surface area contributed by atoms with Crippen LogP contribution in [0.5, 0.6) is 0 Å². The van der Waals surface area contributed by atoms with Crippen LogP contribution >= 0.6 is 0 Å². The molecular formula is C11H12N2O3. The van der Waals surface area contributed by atoms with Gasteiger partial charge < -0.3 is 15.3 Å². The van der Waals surface area contributed by atoms with Crippen molar-refractivity contribution >= 4 is 23.3 Å². The van der Waals surface area contributed by atoms with E-state index in [0.717, 1.165) is 5.69 Å². The highest BCUT2D eigenvalue weighted by Gasteiger charge is 2.17. The molecule has 1 aliphatic rings. The van der Waals surface area contributed by atoms with Crippen LogP contribution < -0.4 is 10.2 Å². The molecule has 2 N–H and O–H groups in total. The minimum absolute atomic E-state index is 0.0475. The first-order chi connectivity index (χ1) is 7.58. The minimum atomic E-state index is -0.966. The van der Waals surface area contributed by atoms with Crippen LogP contribution in [0.4, 0.5) is 11.4 Å². The fraction of sp³-hybridized carbons (Fsp3) is 0.273. The number of carbonyl (C=O) groups excluding carboxylic acids is 1. The SMILES string of the molecule is CN1CCC(=O)Nc2ccc(C(=O)O)cc21. The Bertz CT molecular complexity index is 457. The van der Waals surface area contributed by atoms with Gasteiger partial charge in [0, 0.05) is 20.0 Å². The summed E-state index contributed by atoms with van der Waals surface area (Å²) >= 11 is 0. The summed E-state index contributed by atoms with van der Waals surface area (Å²) in [6.07, 6.45) is 0.410. The van der Waals surface area contributed by atoms with E-state index in [-0.39, 0.29) is 11.5 Å². The van der Waals surface area contributed by atoms with Crippen LogP contribution in [0.2, 0.25) is 0 Å². The Labute approximate surface area is 92.7 Å². The number of aromatic carboxylic acids is 1. The molecule has 0 atom stereocenters. The number of carboxylic acids is 1. The number of anilines is 2. The van der Waals surface area contributed by atoms with Crippen molar-refractivity contribution in [2.24, 2.45) is 0 Å². The molecule has 16 heavy (non-hydrogen) atoms. The van der Waals surface area contributed by atoms with E-state index in [1.54, 1.807) is 12.1 Å². The zero-order valence-electron chi connectivity index (χ0n) is 8.86. The molecule has 1 amide bonds. The van der Waals surface area contributed by atoms with E-state index in [9.17, 15) is 9.59 Å². The largest absolute Gasteiger partial charge is 0.478 e. The lowest BCUT2D eigenvalue weighted by Gasteiger charge is -2.18. The second-order valence-electron chi connectivity index (χ2n) is 3.76. The summed E-state index contributed by atoms with van der Waals surface area (Å²) in [5, 5.41) is 11.6. The summed E-state index contributed by atoms with van der Waals surface area (Å²) in [4.78, 5) is 24.1. The van der Waals surface area contributed by atoms with Crippen molar-refractivity contribution in [1.29, 1.82) is 0 Å². The average Bonchev–Trinajstić information content (AvgIpc) is 2.38. The van der Waals surface area contributed by atoms with Gasteiger partial charge in [0.05, 0.1) is 16.9 Å². The number of benzene rings is 1. The maximum atomic E-state index is 11.4. The van der Waals surface area contributed by atoms with Crippen molar-refractivity contribution < 1.29 is 14.7 Å². The normalized spacial score (nSPS) is 15.1. The summed E-state index contributed by atoms with van der Waals surface area (Å²) in [6.45, 7) is 0.585. The average molecular weight is 220 g/mol. The first-order valence-corrected chi connectivity index (χ1v) is 4.96. The maximum absolute atomic E-state index is 11.4. The molecule has 84 valence electrons. The Kier molecular flexibility index (Phi) is 2.52. The van der Waals surface area contributed by atoms with Crippen LogP contribution in [0, 0.1) is 0 Å². The van der Waals surface area contributed by atoms with Gasteiger partial charge in [-0.3, -0.25) is 4.79 Å². The van der Waals surface area contributed by atoms with Crippen LogP contribution in [0.1, 0.15) is 16.8 Å². The quantitative estimate of drug-likeness (QED) is 0.745. The summed E-state index contributed by atoms with van der Waals surface area (Å²) in [5.74, 6) is -1.01. The summed E-state index contributed by atoms with van der Waals surface area (Å²) in [6, 6.07) is 4.68. The van der Waals surface area contributed by atoms with Crippen molar-refractivity contribution in [1.82, 2.24) is 0 Å². The van der Waals surface area contributed by atoms with E-state index < -0.39 is 5.97 Å². The molecule has 0 fully saturated rings. The van der Waals surface area contributed by atoms with Gasteiger partial charge in [-0.15, -0.1) is 0 Å².